The first kappa shape index (κ1) is 17.8. The summed E-state index contributed by atoms with van der Waals surface area (Å²) in [7, 11) is 0. The standard InChI is InChI=1S/C21H22N6O/c1-16-24-19(14-20(25-16)26-11-4-5-12-26)22-9-10-23-21(28)15-27-13-8-17-6-2-3-7-18(17)27/h2-8,11-14H,9-10,15H2,1H3,(H,23,28)(H,22,24,25). The van der Waals surface area contributed by atoms with Gasteiger partial charge >= 0.3 is 0 Å². The van der Waals surface area contributed by atoms with Crippen molar-refractivity contribution in [3.05, 3.63) is 72.9 Å². The van der Waals surface area contributed by atoms with Crippen LogP contribution in [0.3, 0.4) is 0 Å². The van der Waals surface area contributed by atoms with Crippen molar-refractivity contribution in [2.75, 3.05) is 18.4 Å². The molecule has 7 nitrogen and oxygen atoms in total. The maximum atomic E-state index is 12.2. The van der Waals surface area contributed by atoms with Crippen LogP contribution < -0.4 is 10.6 Å². The van der Waals surface area contributed by atoms with E-state index in [2.05, 4.69) is 20.6 Å². The smallest absolute Gasteiger partial charge is 0.240 e. The van der Waals surface area contributed by atoms with E-state index >= 15 is 0 Å². The Hall–Kier alpha value is -3.61. The molecule has 1 aromatic carbocycles. The monoisotopic (exact) mass is 374 g/mol. The maximum absolute atomic E-state index is 12.2. The first-order valence-electron chi connectivity index (χ1n) is 9.22. The Labute approximate surface area is 163 Å². The zero-order valence-electron chi connectivity index (χ0n) is 15.7. The molecule has 1 amide bonds. The first-order chi connectivity index (χ1) is 13.7. The van der Waals surface area contributed by atoms with Gasteiger partial charge in [0.1, 0.15) is 24.0 Å². The lowest BCUT2D eigenvalue weighted by atomic mass is 10.2. The maximum Gasteiger partial charge on any atom is 0.240 e. The molecule has 142 valence electrons. The molecule has 0 bridgehead atoms. The second-order valence-electron chi connectivity index (χ2n) is 6.53. The van der Waals surface area contributed by atoms with E-state index in [1.807, 2.05) is 83.2 Å². The molecule has 0 aliphatic heterocycles. The van der Waals surface area contributed by atoms with Crippen molar-refractivity contribution in [2.24, 2.45) is 0 Å². The van der Waals surface area contributed by atoms with Gasteiger partial charge in [-0.15, -0.1) is 0 Å². The highest BCUT2D eigenvalue weighted by atomic mass is 16.1. The van der Waals surface area contributed by atoms with E-state index in [1.165, 1.54) is 0 Å². The van der Waals surface area contributed by atoms with Crippen LogP contribution in [0.25, 0.3) is 16.7 Å². The van der Waals surface area contributed by atoms with Crippen molar-refractivity contribution in [1.82, 2.24) is 24.4 Å². The fourth-order valence-electron chi connectivity index (χ4n) is 3.14. The predicted molar refractivity (Wildman–Crippen MR) is 110 cm³/mol. The van der Waals surface area contributed by atoms with Crippen LogP contribution in [0.5, 0.6) is 0 Å². The summed E-state index contributed by atoms with van der Waals surface area (Å²) in [5, 5.41) is 7.32. The number of aromatic nitrogens is 4. The van der Waals surface area contributed by atoms with Crippen LogP contribution in [-0.2, 0) is 11.3 Å². The molecule has 0 fully saturated rings. The molecule has 0 radical (unpaired) electrons. The molecule has 0 saturated carbocycles. The highest BCUT2D eigenvalue weighted by Gasteiger charge is 2.06. The SMILES string of the molecule is Cc1nc(NCCNC(=O)Cn2ccc3ccccc32)cc(-n2cccc2)n1. The van der Waals surface area contributed by atoms with Gasteiger partial charge in [0.05, 0.1) is 0 Å². The molecule has 4 aromatic rings. The highest BCUT2D eigenvalue weighted by Crippen LogP contribution is 2.14. The zero-order valence-corrected chi connectivity index (χ0v) is 15.7. The minimum atomic E-state index is -0.0185. The Morgan fingerprint density at radius 2 is 1.82 bits per heavy atom. The lowest BCUT2D eigenvalue weighted by Crippen LogP contribution is -2.31. The molecule has 4 rings (SSSR count). The Morgan fingerprint density at radius 1 is 1.00 bits per heavy atom. The molecule has 7 heteroatoms. The Morgan fingerprint density at radius 3 is 2.68 bits per heavy atom. The first-order valence-corrected chi connectivity index (χ1v) is 9.22. The number of anilines is 1. The van der Waals surface area contributed by atoms with Gasteiger partial charge in [-0.25, -0.2) is 9.97 Å². The molecule has 0 aliphatic rings. The van der Waals surface area contributed by atoms with Crippen molar-refractivity contribution >= 4 is 22.6 Å². The summed E-state index contributed by atoms with van der Waals surface area (Å²) >= 11 is 0. The molecule has 0 saturated heterocycles. The van der Waals surface area contributed by atoms with Gasteiger partial charge in [-0.05, 0) is 36.6 Å². The van der Waals surface area contributed by atoms with Crippen LogP contribution >= 0.6 is 0 Å². The summed E-state index contributed by atoms with van der Waals surface area (Å²) in [6.07, 6.45) is 5.82. The van der Waals surface area contributed by atoms with E-state index in [-0.39, 0.29) is 5.91 Å². The quantitative estimate of drug-likeness (QED) is 0.488. The average molecular weight is 374 g/mol. The number of hydrogen-bond acceptors (Lipinski definition) is 4. The van der Waals surface area contributed by atoms with Crippen LogP contribution in [0.15, 0.2) is 67.1 Å². The van der Waals surface area contributed by atoms with E-state index in [0.29, 0.717) is 25.5 Å². The molecule has 0 spiro atoms. The van der Waals surface area contributed by atoms with Crippen LogP contribution in [0.1, 0.15) is 5.82 Å². The summed E-state index contributed by atoms with van der Waals surface area (Å²) in [6, 6.07) is 15.8. The van der Waals surface area contributed by atoms with Gasteiger partial charge in [0.15, 0.2) is 0 Å². The zero-order chi connectivity index (χ0) is 19.3. The summed E-state index contributed by atoms with van der Waals surface area (Å²) in [6.45, 7) is 3.26. The van der Waals surface area contributed by atoms with Crippen LogP contribution in [-0.4, -0.2) is 38.1 Å². The molecule has 3 aromatic heterocycles. The van der Waals surface area contributed by atoms with Crippen molar-refractivity contribution in [1.29, 1.82) is 0 Å². The van der Waals surface area contributed by atoms with Gasteiger partial charge in [0.2, 0.25) is 5.91 Å². The van der Waals surface area contributed by atoms with Gasteiger partial charge in [-0.1, -0.05) is 18.2 Å². The van der Waals surface area contributed by atoms with Crippen LogP contribution in [0.4, 0.5) is 5.82 Å². The number of fused-ring (bicyclic) bond motifs is 1. The second-order valence-corrected chi connectivity index (χ2v) is 6.53. The predicted octanol–water partition coefficient (Wildman–Crippen LogP) is 2.76. The molecule has 0 atom stereocenters. The molecule has 28 heavy (non-hydrogen) atoms. The van der Waals surface area contributed by atoms with Gasteiger partial charge in [-0.2, -0.15) is 0 Å². The number of carbonyl (C=O) groups excluding carboxylic acids is 1. The minimum absolute atomic E-state index is 0.0185. The summed E-state index contributed by atoms with van der Waals surface area (Å²) in [4.78, 5) is 21.1. The molecule has 0 aliphatic carbocycles. The van der Waals surface area contributed by atoms with E-state index in [9.17, 15) is 4.79 Å². The number of carbonyl (C=O) groups is 1. The Kier molecular flexibility index (Phi) is 5.05. The number of para-hydroxylation sites is 1. The largest absolute Gasteiger partial charge is 0.368 e. The van der Waals surface area contributed by atoms with Crippen molar-refractivity contribution in [3.8, 4) is 5.82 Å². The third kappa shape index (κ3) is 4.03. The Balaban J connectivity index is 1.29. The molecule has 3 heterocycles. The minimum Gasteiger partial charge on any atom is -0.368 e. The number of nitrogens with zero attached hydrogens (tertiary/aromatic N) is 4. The van der Waals surface area contributed by atoms with Crippen LogP contribution in [0, 0.1) is 6.92 Å². The number of aryl methyl sites for hydroxylation is 1. The van der Waals surface area contributed by atoms with Crippen molar-refractivity contribution in [3.63, 3.8) is 0 Å². The fourth-order valence-corrected chi connectivity index (χ4v) is 3.14. The topological polar surface area (TPSA) is 76.8 Å². The number of amides is 1. The van der Waals surface area contributed by atoms with Gasteiger partial charge in [0, 0.05) is 43.3 Å². The third-order valence-corrected chi connectivity index (χ3v) is 4.44. The van der Waals surface area contributed by atoms with E-state index < -0.39 is 0 Å². The normalized spacial score (nSPS) is 10.9. The van der Waals surface area contributed by atoms with Crippen molar-refractivity contribution in [2.45, 2.75) is 13.5 Å². The van der Waals surface area contributed by atoms with Gasteiger partial charge < -0.3 is 19.8 Å². The number of benzene rings is 1. The summed E-state index contributed by atoms with van der Waals surface area (Å²) in [5.41, 5.74) is 1.06. The fraction of sp³-hybridized carbons (Fsp3) is 0.190. The van der Waals surface area contributed by atoms with E-state index in [4.69, 9.17) is 0 Å². The number of nitrogens with one attached hydrogen (secondary N) is 2. The summed E-state index contributed by atoms with van der Waals surface area (Å²) in [5.74, 6) is 2.22. The van der Waals surface area contributed by atoms with E-state index in [0.717, 1.165) is 22.5 Å². The lowest BCUT2D eigenvalue weighted by Gasteiger charge is -2.10. The molecular formula is C21H22N6O. The van der Waals surface area contributed by atoms with E-state index in [1.54, 1.807) is 0 Å². The number of rotatable bonds is 7. The molecule has 2 N–H and O–H groups in total. The van der Waals surface area contributed by atoms with Gasteiger partial charge in [-0.3, -0.25) is 4.79 Å². The second kappa shape index (κ2) is 7.96. The lowest BCUT2D eigenvalue weighted by molar-refractivity contribution is -0.121. The molecular weight excluding hydrogens is 352 g/mol. The van der Waals surface area contributed by atoms with Crippen molar-refractivity contribution < 1.29 is 4.79 Å². The Bertz CT molecular complexity index is 1080. The number of hydrogen-bond donors (Lipinski definition) is 2. The van der Waals surface area contributed by atoms with Gasteiger partial charge in [0.25, 0.3) is 0 Å². The average Bonchev–Trinajstić information content (AvgIpc) is 3.36. The third-order valence-electron chi connectivity index (χ3n) is 4.44. The highest BCUT2D eigenvalue weighted by molar-refractivity contribution is 5.83. The summed E-state index contributed by atoms with van der Waals surface area (Å²) < 4.78 is 3.89. The molecule has 0 unspecified atom stereocenters. The van der Waals surface area contributed by atoms with Crippen LogP contribution in [0.2, 0.25) is 0 Å².